The predicted molar refractivity (Wildman–Crippen MR) is 173 cm³/mol. The first-order valence-electron chi connectivity index (χ1n) is 15.1. The topological polar surface area (TPSA) is 99.8 Å². The summed E-state index contributed by atoms with van der Waals surface area (Å²) in [5.41, 5.74) is 8.22. The van der Waals surface area contributed by atoms with Crippen molar-refractivity contribution in [1.29, 1.82) is 0 Å². The van der Waals surface area contributed by atoms with Gasteiger partial charge in [-0.3, -0.25) is 9.59 Å². The maximum Gasteiger partial charge on any atom is 0.407 e. The highest BCUT2D eigenvalue weighted by atomic mass is 16.6. The number of nitrogens with one attached hydrogen (secondary N) is 3. The van der Waals surface area contributed by atoms with E-state index in [1.54, 1.807) is 12.1 Å². The second-order valence-electron chi connectivity index (χ2n) is 11.3. The minimum Gasteiger partial charge on any atom is -0.439 e. The van der Waals surface area contributed by atoms with E-state index in [4.69, 9.17) is 4.74 Å². The number of fused-ring (bicyclic) bond motifs is 4. The van der Waals surface area contributed by atoms with E-state index in [0.717, 1.165) is 23.4 Å². The molecule has 0 aromatic heterocycles. The van der Waals surface area contributed by atoms with Gasteiger partial charge in [-0.25, -0.2) is 4.79 Å². The second kappa shape index (κ2) is 12.6. The SMILES string of the molecule is CCC(=O)N1c2ccccc2[C@H](Nc2ccc(NC(=O)COC(=O)NCC3c4ccccc4-c4ccccc43)cc2)C[C@@H]1C. The van der Waals surface area contributed by atoms with Gasteiger partial charge in [0.05, 0.1) is 6.04 Å². The molecule has 6 rings (SSSR count). The maximum atomic E-state index is 12.6. The van der Waals surface area contributed by atoms with E-state index in [1.165, 1.54) is 22.3 Å². The normalized spacial score (nSPS) is 16.7. The van der Waals surface area contributed by atoms with Gasteiger partial charge in [-0.2, -0.15) is 0 Å². The zero-order valence-electron chi connectivity index (χ0n) is 24.9. The van der Waals surface area contributed by atoms with Crippen LogP contribution in [0.3, 0.4) is 0 Å². The fourth-order valence-electron chi connectivity index (χ4n) is 6.39. The minimum absolute atomic E-state index is 0.0268. The van der Waals surface area contributed by atoms with Crippen LogP contribution in [0.5, 0.6) is 0 Å². The number of ether oxygens (including phenoxy) is 1. The van der Waals surface area contributed by atoms with Crippen LogP contribution in [0, 0.1) is 0 Å². The van der Waals surface area contributed by atoms with Crippen LogP contribution in [-0.2, 0) is 14.3 Å². The van der Waals surface area contributed by atoms with Crippen molar-refractivity contribution >= 4 is 35.0 Å². The Morgan fingerprint density at radius 2 is 1.39 bits per heavy atom. The van der Waals surface area contributed by atoms with Crippen molar-refractivity contribution in [3.05, 3.63) is 114 Å². The third kappa shape index (κ3) is 5.88. The minimum atomic E-state index is -0.636. The number of benzene rings is 4. The molecular weight excluding hydrogens is 552 g/mol. The molecule has 44 heavy (non-hydrogen) atoms. The molecule has 0 unspecified atom stereocenters. The van der Waals surface area contributed by atoms with Crippen molar-refractivity contribution in [2.24, 2.45) is 0 Å². The van der Waals surface area contributed by atoms with Crippen LogP contribution in [0.25, 0.3) is 11.1 Å². The third-order valence-electron chi connectivity index (χ3n) is 8.42. The number of para-hydroxylation sites is 1. The molecule has 1 heterocycles. The predicted octanol–water partition coefficient (Wildman–Crippen LogP) is 6.85. The van der Waals surface area contributed by atoms with Crippen molar-refractivity contribution in [1.82, 2.24) is 5.32 Å². The van der Waals surface area contributed by atoms with Gasteiger partial charge in [0, 0.05) is 42.0 Å². The van der Waals surface area contributed by atoms with Crippen molar-refractivity contribution in [3.8, 4) is 11.1 Å². The Kier molecular flexibility index (Phi) is 8.32. The molecule has 2 aliphatic rings. The highest BCUT2D eigenvalue weighted by molar-refractivity contribution is 5.95. The number of amides is 3. The Balaban J connectivity index is 1.00. The van der Waals surface area contributed by atoms with E-state index in [1.807, 2.05) is 66.4 Å². The Labute approximate surface area is 257 Å². The summed E-state index contributed by atoms with van der Waals surface area (Å²) in [6.45, 7) is 3.94. The number of alkyl carbamates (subject to hydrolysis) is 1. The highest BCUT2D eigenvalue weighted by Crippen LogP contribution is 2.44. The number of carbonyl (C=O) groups is 3. The standard InChI is InChI=1S/C36H36N4O4/c1-3-35(42)40-23(2)20-32(30-14-8-9-15-33(30)40)38-24-16-18-25(19-17-24)39-34(41)22-44-36(43)37-21-31-28-12-6-4-10-26(28)27-11-5-7-13-29(27)31/h4-19,23,31-32,38H,3,20-22H2,1-2H3,(H,37,43)(H,39,41)/t23-,32+/m0/s1. The van der Waals surface area contributed by atoms with Gasteiger partial charge in [-0.05, 0) is 71.5 Å². The first-order chi connectivity index (χ1) is 21.4. The van der Waals surface area contributed by atoms with E-state index in [-0.39, 0.29) is 23.9 Å². The average Bonchev–Trinajstić information content (AvgIpc) is 3.37. The van der Waals surface area contributed by atoms with Gasteiger partial charge < -0.3 is 25.6 Å². The van der Waals surface area contributed by atoms with Crippen LogP contribution in [0.4, 0.5) is 21.9 Å². The molecule has 3 N–H and O–H groups in total. The van der Waals surface area contributed by atoms with Crippen LogP contribution >= 0.6 is 0 Å². The molecule has 8 nitrogen and oxygen atoms in total. The van der Waals surface area contributed by atoms with Gasteiger partial charge in [0.25, 0.3) is 5.91 Å². The average molecular weight is 589 g/mol. The summed E-state index contributed by atoms with van der Waals surface area (Å²) in [4.78, 5) is 39.5. The summed E-state index contributed by atoms with van der Waals surface area (Å²) >= 11 is 0. The molecule has 0 saturated carbocycles. The quantitative estimate of drug-likeness (QED) is 0.209. The highest BCUT2D eigenvalue weighted by Gasteiger charge is 2.33. The molecule has 0 fully saturated rings. The first kappa shape index (κ1) is 29.0. The molecule has 1 aliphatic carbocycles. The number of carbonyl (C=O) groups excluding carboxylic acids is 3. The van der Waals surface area contributed by atoms with Crippen molar-refractivity contribution in [2.75, 3.05) is 28.7 Å². The van der Waals surface area contributed by atoms with Crippen molar-refractivity contribution < 1.29 is 19.1 Å². The molecule has 4 aromatic rings. The van der Waals surface area contributed by atoms with Gasteiger partial charge in [0.1, 0.15) is 0 Å². The van der Waals surface area contributed by atoms with Crippen LogP contribution in [0.1, 0.15) is 55.3 Å². The Bertz CT molecular complexity index is 1640. The van der Waals surface area contributed by atoms with Gasteiger partial charge in [0.2, 0.25) is 5.91 Å². The lowest BCUT2D eigenvalue weighted by Crippen LogP contribution is -2.44. The summed E-state index contributed by atoms with van der Waals surface area (Å²) in [5.74, 6) is -0.276. The van der Waals surface area contributed by atoms with Crippen LogP contribution < -0.4 is 20.9 Å². The van der Waals surface area contributed by atoms with E-state index >= 15 is 0 Å². The molecule has 224 valence electrons. The molecule has 4 aromatic carbocycles. The molecule has 3 amide bonds. The van der Waals surface area contributed by atoms with Crippen molar-refractivity contribution in [3.63, 3.8) is 0 Å². The zero-order chi connectivity index (χ0) is 30.6. The van der Waals surface area contributed by atoms with E-state index in [0.29, 0.717) is 18.7 Å². The molecule has 0 saturated heterocycles. The number of hydrogen-bond donors (Lipinski definition) is 3. The van der Waals surface area contributed by atoms with Crippen LogP contribution in [0.15, 0.2) is 97.1 Å². The number of nitrogens with zero attached hydrogens (tertiary/aromatic N) is 1. The molecule has 0 spiro atoms. The molecule has 0 radical (unpaired) electrons. The van der Waals surface area contributed by atoms with Crippen molar-refractivity contribution in [2.45, 2.75) is 44.7 Å². The summed E-state index contributed by atoms with van der Waals surface area (Å²) in [6.07, 6.45) is 0.604. The summed E-state index contributed by atoms with van der Waals surface area (Å²) in [7, 11) is 0. The van der Waals surface area contributed by atoms with E-state index in [2.05, 4.69) is 53.2 Å². The summed E-state index contributed by atoms with van der Waals surface area (Å²) in [5, 5.41) is 9.19. The first-order valence-corrected chi connectivity index (χ1v) is 15.1. The lowest BCUT2D eigenvalue weighted by Gasteiger charge is -2.40. The Morgan fingerprint density at radius 3 is 2.05 bits per heavy atom. The maximum absolute atomic E-state index is 12.6. The lowest BCUT2D eigenvalue weighted by molar-refractivity contribution is -0.119. The zero-order valence-corrected chi connectivity index (χ0v) is 24.9. The largest absolute Gasteiger partial charge is 0.439 e. The third-order valence-corrected chi connectivity index (χ3v) is 8.42. The fourth-order valence-corrected chi connectivity index (χ4v) is 6.39. The van der Waals surface area contributed by atoms with E-state index < -0.39 is 18.6 Å². The lowest BCUT2D eigenvalue weighted by atomic mass is 9.91. The molecule has 2 atom stereocenters. The Hall–Kier alpha value is -5.11. The van der Waals surface area contributed by atoms with E-state index in [9.17, 15) is 14.4 Å². The Morgan fingerprint density at radius 1 is 0.795 bits per heavy atom. The van der Waals surface area contributed by atoms with Gasteiger partial charge >= 0.3 is 6.09 Å². The number of hydrogen-bond acceptors (Lipinski definition) is 5. The second-order valence-corrected chi connectivity index (χ2v) is 11.3. The fraction of sp³-hybridized carbons (Fsp3) is 0.250. The number of rotatable bonds is 8. The monoisotopic (exact) mass is 588 g/mol. The molecule has 8 heteroatoms. The van der Waals surface area contributed by atoms with Gasteiger partial charge in [-0.1, -0.05) is 73.7 Å². The van der Waals surface area contributed by atoms with Crippen LogP contribution in [0.2, 0.25) is 0 Å². The molecule has 0 bridgehead atoms. The smallest absolute Gasteiger partial charge is 0.407 e. The van der Waals surface area contributed by atoms with Gasteiger partial charge in [-0.15, -0.1) is 0 Å². The van der Waals surface area contributed by atoms with Crippen LogP contribution in [-0.4, -0.2) is 37.1 Å². The van der Waals surface area contributed by atoms with Gasteiger partial charge in [0.15, 0.2) is 6.61 Å². The molecule has 1 aliphatic heterocycles. The molecular formula is C36H36N4O4. The summed E-state index contributed by atoms with van der Waals surface area (Å²) in [6, 6.07) is 31.9. The number of anilines is 3. The summed E-state index contributed by atoms with van der Waals surface area (Å²) < 4.78 is 5.21.